The minimum absolute atomic E-state index is 0.106. The van der Waals surface area contributed by atoms with Crippen molar-refractivity contribution in [1.29, 1.82) is 0 Å². The number of nitrogens with one attached hydrogen (secondary N) is 3. The molecule has 1 aromatic heterocycles. The maximum atomic E-state index is 13.4. The molecule has 4 saturated carbocycles. The molecule has 8 heteroatoms. The highest BCUT2D eigenvalue weighted by Gasteiger charge is 2.60. The average Bonchev–Trinajstić information content (AvgIpc) is 3.62. The largest absolute Gasteiger partial charge is 0.480 e. The smallest absolute Gasteiger partial charge is 0.326 e. The Morgan fingerprint density at radius 1 is 0.938 bits per heavy atom. The molecule has 6 rings (SSSR count). The Morgan fingerprint density at radius 3 is 2.42 bits per heavy atom. The number of carbonyl (C=O) groups excluding carboxylic acids is 2. The quantitative estimate of drug-likeness (QED) is 0.180. The first-order valence-electron chi connectivity index (χ1n) is 18.9. The Morgan fingerprint density at radius 2 is 1.67 bits per heavy atom. The van der Waals surface area contributed by atoms with Crippen molar-refractivity contribution in [3.63, 3.8) is 0 Å². The second-order valence-electron chi connectivity index (χ2n) is 17.1. The van der Waals surface area contributed by atoms with Gasteiger partial charge < -0.3 is 25.8 Å². The number of aliphatic hydroxyl groups excluding tert-OH is 1. The number of carbonyl (C=O) groups is 3. The Labute approximate surface area is 286 Å². The number of rotatable bonds is 11. The SMILES string of the molecule is CC(C)C(NC(=O)CCC(C)[C@H]1CC[C@H]2[C@@H]3CC[C@@H]4C[C@H](O)CC[C@]4(C)[C@H]3CC[C@]12C)C(=O)NC(Cc1c[nH]c2ccccc12)C(=O)O. The molecule has 4 fully saturated rings. The predicted molar refractivity (Wildman–Crippen MR) is 188 cm³/mol. The number of fused-ring (bicyclic) bond motifs is 6. The summed E-state index contributed by atoms with van der Waals surface area (Å²) in [7, 11) is 0. The molecule has 2 amide bonds. The van der Waals surface area contributed by atoms with Crippen LogP contribution in [0.3, 0.4) is 0 Å². The number of aliphatic hydroxyl groups is 1. The molecule has 5 N–H and O–H groups in total. The van der Waals surface area contributed by atoms with Crippen LogP contribution in [0.5, 0.6) is 0 Å². The molecule has 48 heavy (non-hydrogen) atoms. The first-order chi connectivity index (χ1) is 22.8. The number of aromatic amines is 1. The summed E-state index contributed by atoms with van der Waals surface area (Å²) in [5, 5.41) is 27.0. The number of carboxylic acid groups (broad SMARTS) is 1. The van der Waals surface area contributed by atoms with Gasteiger partial charge in [0.05, 0.1) is 6.10 Å². The van der Waals surface area contributed by atoms with E-state index in [0.29, 0.717) is 35.0 Å². The lowest BCUT2D eigenvalue weighted by atomic mass is 9.44. The van der Waals surface area contributed by atoms with Crippen molar-refractivity contribution in [2.75, 3.05) is 0 Å². The zero-order chi connectivity index (χ0) is 34.4. The van der Waals surface area contributed by atoms with E-state index < -0.39 is 24.0 Å². The third kappa shape index (κ3) is 6.55. The summed E-state index contributed by atoms with van der Waals surface area (Å²) in [5.41, 5.74) is 2.43. The predicted octanol–water partition coefficient (Wildman–Crippen LogP) is 6.86. The third-order valence-electron chi connectivity index (χ3n) is 14.2. The van der Waals surface area contributed by atoms with E-state index in [2.05, 4.69) is 36.4 Å². The number of hydrogen-bond donors (Lipinski definition) is 5. The van der Waals surface area contributed by atoms with Gasteiger partial charge >= 0.3 is 5.97 Å². The fraction of sp³-hybridized carbons (Fsp3) is 0.725. The van der Waals surface area contributed by atoms with E-state index in [4.69, 9.17) is 0 Å². The van der Waals surface area contributed by atoms with Crippen LogP contribution in [0.25, 0.3) is 10.9 Å². The van der Waals surface area contributed by atoms with Gasteiger partial charge in [-0.1, -0.05) is 52.8 Å². The summed E-state index contributed by atoms with van der Waals surface area (Å²) in [5.74, 6) is 2.11. The lowest BCUT2D eigenvalue weighted by Crippen LogP contribution is -2.54. The van der Waals surface area contributed by atoms with E-state index in [-0.39, 0.29) is 24.3 Å². The van der Waals surface area contributed by atoms with Gasteiger partial charge in [0.1, 0.15) is 12.1 Å². The van der Waals surface area contributed by atoms with E-state index in [1.165, 1.54) is 44.9 Å². The maximum Gasteiger partial charge on any atom is 0.326 e. The van der Waals surface area contributed by atoms with Gasteiger partial charge in [-0.05, 0) is 128 Å². The Balaban J connectivity index is 1.03. The Hall–Kier alpha value is -2.87. The van der Waals surface area contributed by atoms with Crippen LogP contribution in [0, 0.1) is 52.3 Å². The molecular weight excluding hydrogens is 602 g/mol. The molecule has 0 aliphatic heterocycles. The van der Waals surface area contributed by atoms with Crippen molar-refractivity contribution >= 4 is 28.7 Å². The summed E-state index contributed by atoms with van der Waals surface area (Å²) in [6.07, 6.45) is 13.8. The molecule has 3 unspecified atom stereocenters. The Kier molecular flexibility index (Phi) is 10.1. The van der Waals surface area contributed by atoms with Crippen LogP contribution >= 0.6 is 0 Å². The third-order valence-corrected chi connectivity index (χ3v) is 14.2. The van der Waals surface area contributed by atoms with Gasteiger partial charge in [0.25, 0.3) is 0 Å². The summed E-state index contributed by atoms with van der Waals surface area (Å²) < 4.78 is 0. The normalized spacial score (nSPS) is 34.8. The molecule has 0 radical (unpaired) electrons. The van der Waals surface area contributed by atoms with Crippen LogP contribution in [0.15, 0.2) is 30.5 Å². The van der Waals surface area contributed by atoms with Crippen molar-refractivity contribution in [3.05, 3.63) is 36.0 Å². The lowest BCUT2D eigenvalue weighted by molar-refractivity contribution is -0.142. The van der Waals surface area contributed by atoms with Gasteiger partial charge in [-0.25, -0.2) is 4.79 Å². The zero-order valence-corrected chi connectivity index (χ0v) is 29.8. The molecule has 8 nitrogen and oxygen atoms in total. The molecule has 0 saturated heterocycles. The summed E-state index contributed by atoms with van der Waals surface area (Å²) in [6.45, 7) is 11.2. The molecular formula is C40H59N3O5. The fourth-order valence-electron chi connectivity index (χ4n) is 11.5. The van der Waals surface area contributed by atoms with E-state index in [9.17, 15) is 24.6 Å². The molecule has 1 aromatic carbocycles. The maximum absolute atomic E-state index is 13.4. The molecule has 0 spiro atoms. The van der Waals surface area contributed by atoms with Gasteiger partial charge in [-0.3, -0.25) is 9.59 Å². The number of H-pyrrole nitrogens is 1. The van der Waals surface area contributed by atoms with Crippen LogP contribution < -0.4 is 10.6 Å². The van der Waals surface area contributed by atoms with E-state index >= 15 is 0 Å². The highest BCUT2D eigenvalue weighted by atomic mass is 16.4. The summed E-state index contributed by atoms with van der Waals surface area (Å²) in [6, 6.07) is 5.78. The summed E-state index contributed by atoms with van der Waals surface area (Å²) >= 11 is 0. The Bertz CT molecular complexity index is 1490. The van der Waals surface area contributed by atoms with Crippen molar-refractivity contribution in [2.24, 2.45) is 52.3 Å². The molecule has 2 aromatic rings. The second kappa shape index (κ2) is 13.8. The highest BCUT2D eigenvalue weighted by Crippen LogP contribution is 2.68. The van der Waals surface area contributed by atoms with Crippen LogP contribution in [0.4, 0.5) is 0 Å². The van der Waals surface area contributed by atoms with Crippen LogP contribution in [0.2, 0.25) is 0 Å². The molecule has 11 atom stereocenters. The lowest BCUT2D eigenvalue weighted by Gasteiger charge is -2.61. The van der Waals surface area contributed by atoms with Crippen molar-refractivity contribution in [2.45, 2.75) is 130 Å². The number of hydrogen-bond acceptors (Lipinski definition) is 4. The van der Waals surface area contributed by atoms with E-state index in [1.807, 2.05) is 38.1 Å². The zero-order valence-electron chi connectivity index (χ0n) is 29.8. The minimum Gasteiger partial charge on any atom is -0.480 e. The van der Waals surface area contributed by atoms with Gasteiger partial charge in [0.2, 0.25) is 11.8 Å². The number of aliphatic carboxylic acids is 1. The fourth-order valence-corrected chi connectivity index (χ4v) is 11.5. The molecule has 4 aliphatic rings. The number of aromatic nitrogens is 1. The number of benzene rings is 1. The summed E-state index contributed by atoms with van der Waals surface area (Å²) in [4.78, 5) is 42.1. The van der Waals surface area contributed by atoms with Gasteiger partial charge in [0, 0.05) is 29.9 Å². The number of carboxylic acids is 1. The minimum atomic E-state index is -1.11. The highest BCUT2D eigenvalue weighted by molar-refractivity contribution is 5.91. The van der Waals surface area contributed by atoms with Gasteiger partial charge in [-0.2, -0.15) is 0 Å². The second-order valence-corrected chi connectivity index (χ2v) is 17.1. The van der Waals surface area contributed by atoms with Crippen LogP contribution in [-0.4, -0.2) is 51.2 Å². The number of para-hydroxylation sites is 1. The van der Waals surface area contributed by atoms with Crippen molar-refractivity contribution in [3.8, 4) is 0 Å². The van der Waals surface area contributed by atoms with Crippen molar-refractivity contribution < 1.29 is 24.6 Å². The molecule has 264 valence electrons. The van der Waals surface area contributed by atoms with Crippen LogP contribution in [-0.2, 0) is 20.8 Å². The van der Waals surface area contributed by atoms with Crippen LogP contribution in [0.1, 0.15) is 111 Å². The number of amides is 2. The van der Waals surface area contributed by atoms with Gasteiger partial charge in [0.15, 0.2) is 0 Å². The first-order valence-corrected chi connectivity index (χ1v) is 18.9. The molecule has 0 bridgehead atoms. The topological polar surface area (TPSA) is 132 Å². The van der Waals surface area contributed by atoms with Gasteiger partial charge in [-0.15, -0.1) is 0 Å². The standard InChI is InChI=1S/C40H59N3O5/c1-23(2)36(37(46)42-34(38(47)48)20-25-22-41-33-9-7-6-8-28(25)33)43-35(45)15-10-24(3)30-13-14-31-29-12-11-26-21-27(44)16-18-39(26,4)32(29)17-19-40(30,31)5/h6-9,22-24,26-27,29-32,34,36,41,44H,10-21H2,1-5H3,(H,42,46)(H,43,45)(H,47,48)/t24?,26-,27-,29+,30-,31+,32+,34?,36?,39+,40-/m1/s1. The van der Waals surface area contributed by atoms with E-state index in [0.717, 1.165) is 53.5 Å². The monoisotopic (exact) mass is 661 g/mol. The first kappa shape index (κ1) is 35.0. The van der Waals surface area contributed by atoms with E-state index in [1.54, 1.807) is 6.20 Å². The average molecular weight is 662 g/mol. The molecule has 4 aliphatic carbocycles. The van der Waals surface area contributed by atoms with Crippen molar-refractivity contribution in [1.82, 2.24) is 15.6 Å². The molecule has 1 heterocycles.